The van der Waals surface area contributed by atoms with Crippen molar-refractivity contribution in [3.8, 4) is 0 Å². The lowest BCUT2D eigenvalue weighted by Crippen LogP contribution is -2.03. The molecule has 0 aliphatic rings. The highest BCUT2D eigenvalue weighted by atomic mass is 79.9. The number of hydrogen-bond acceptors (Lipinski definition) is 3. The van der Waals surface area contributed by atoms with Crippen LogP contribution in [0.3, 0.4) is 0 Å². The van der Waals surface area contributed by atoms with Gasteiger partial charge in [0.15, 0.2) is 0 Å². The molecule has 0 aliphatic carbocycles. The zero-order valence-corrected chi connectivity index (χ0v) is 12.4. The maximum absolute atomic E-state index is 13.6. The van der Waals surface area contributed by atoms with E-state index in [1.54, 1.807) is 18.2 Å². The lowest BCUT2D eigenvalue weighted by Gasteiger charge is -2.09. The molecule has 0 heterocycles. The van der Waals surface area contributed by atoms with E-state index in [9.17, 15) is 14.5 Å². The van der Waals surface area contributed by atoms with E-state index in [2.05, 4.69) is 21.2 Å². The van der Waals surface area contributed by atoms with Gasteiger partial charge in [-0.05, 0) is 39.7 Å². The van der Waals surface area contributed by atoms with Gasteiger partial charge in [0.05, 0.1) is 10.6 Å². The minimum atomic E-state index is -0.476. The van der Waals surface area contributed by atoms with Gasteiger partial charge in [0, 0.05) is 17.6 Å². The third kappa shape index (κ3) is 3.26. The highest BCUT2D eigenvalue weighted by Gasteiger charge is 2.14. The van der Waals surface area contributed by atoms with E-state index in [1.165, 1.54) is 18.2 Å². The smallest absolute Gasteiger partial charge is 0.283 e. The molecule has 0 saturated carbocycles. The molecule has 20 heavy (non-hydrogen) atoms. The van der Waals surface area contributed by atoms with Crippen LogP contribution in [0.2, 0.25) is 5.02 Å². The van der Waals surface area contributed by atoms with E-state index in [0.29, 0.717) is 15.1 Å². The lowest BCUT2D eigenvalue weighted by molar-refractivity contribution is -0.385. The van der Waals surface area contributed by atoms with Crippen molar-refractivity contribution in [2.75, 3.05) is 5.32 Å². The predicted molar refractivity (Wildman–Crippen MR) is 79.5 cm³/mol. The van der Waals surface area contributed by atoms with Crippen molar-refractivity contribution in [1.82, 2.24) is 0 Å². The average Bonchev–Trinajstić information content (AvgIpc) is 2.39. The van der Waals surface area contributed by atoms with Gasteiger partial charge in [0.25, 0.3) is 5.69 Å². The van der Waals surface area contributed by atoms with Gasteiger partial charge in [0.1, 0.15) is 10.3 Å². The van der Waals surface area contributed by atoms with Crippen molar-refractivity contribution < 1.29 is 9.31 Å². The number of rotatable bonds is 4. The van der Waals surface area contributed by atoms with Crippen molar-refractivity contribution in [3.63, 3.8) is 0 Å². The van der Waals surface area contributed by atoms with Gasteiger partial charge in [-0.3, -0.25) is 10.1 Å². The Morgan fingerprint density at radius 1 is 1.35 bits per heavy atom. The molecular formula is C13H9BrClFN2O2. The first-order chi connectivity index (χ1) is 9.49. The second-order valence-electron chi connectivity index (χ2n) is 3.99. The Morgan fingerprint density at radius 2 is 2.10 bits per heavy atom. The summed E-state index contributed by atoms with van der Waals surface area (Å²) >= 11 is 8.85. The minimum absolute atomic E-state index is 0.0270. The summed E-state index contributed by atoms with van der Waals surface area (Å²) in [6, 6.07) is 8.98. The molecule has 0 fully saturated rings. The molecule has 0 radical (unpaired) electrons. The van der Waals surface area contributed by atoms with Gasteiger partial charge in [0.2, 0.25) is 0 Å². The molecule has 0 aliphatic heterocycles. The van der Waals surface area contributed by atoms with Crippen LogP contribution in [0, 0.1) is 15.9 Å². The molecule has 0 unspecified atom stereocenters. The second-order valence-corrected chi connectivity index (χ2v) is 5.21. The summed E-state index contributed by atoms with van der Waals surface area (Å²) in [5.41, 5.74) is 0.919. The van der Waals surface area contributed by atoms with Crippen molar-refractivity contribution in [2.45, 2.75) is 6.54 Å². The van der Waals surface area contributed by atoms with Gasteiger partial charge in [-0.25, -0.2) is 4.39 Å². The molecule has 2 aromatic carbocycles. The third-order valence-electron chi connectivity index (χ3n) is 2.66. The van der Waals surface area contributed by atoms with Gasteiger partial charge in [-0.2, -0.15) is 0 Å². The number of anilines is 1. The van der Waals surface area contributed by atoms with Crippen LogP contribution in [0.15, 0.2) is 40.9 Å². The van der Waals surface area contributed by atoms with E-state index < -0.39 is 10.7 Å². The molecule has 0 saturated heterocycles. The normalized spacial score (nSPS) is 10.3. The van der Waals surface area contributed by atoms with Gasteiger partial charge in [-0.15, -0.1) is 0 Å². The zero-order valence-electron chi connectivity index (χ0n) is 10.1. The number of nitrogens with one attached hydrogen (secondary N) is 1. The van der Waals surface area contributed by atoms with Gasteiger partial charge in [-0.1, -0.05) is 23.7 Å². The standard InChI is InChI=1S/C13H9BrClFN2O2/c14-13-8(2-1-3-12(13)18(19)20)7-17-11-5-4-9(15)6-10(11)16/h1-6,17H,7H2. The summed E-state index contributed by atoms with van der Waals surface area (Å²) in [4.78, 5) is 10.3. The average molecular weight is 360 g/mol. The summed E-state index contributed by atoms with van der Waals surface area (Å²) in [5, 5.41) is 14.0. The van der Waals surface area contributed by atoms with Crippen LogP contribution in [-0.4, -0.2) is 4.92 Å². The van der Waals surface area contributed by atoms with Crippen LogP contribution in [0.25, 0.3) is 0 Å². The van der Waals surface area contributed by atoms with Crippen molar-refractivity contribution in [2.24, 2.45) is 0 Å². The summed E-state index contributed by atoms with van der Waals surface area (Å²) in [6.45, 7) is 0.251. The summed E-state index contributed by atoms with van der Waals surface area (Å²) < 4.78 is 14.0. The Labute approximate surface area is 127 Å². The fourth-order valence-electron chi connectivity index (χ4n) is 1.67. The molecule has 1 N–H and O–H groups in total. The topological polar surface area (TPSA) is 55.2 Å². The Balaban J connectivity index is 2.19. The molecule has 0 amide bonds. The number of nitro groups is 1. The molecule has 0 atom stereocenters. The van der Waals surface area contributed by atoms with Crippen LogP contribution >= 0.6 is 27.5 Å². The summed E-state index contributed by atoms with van der Waals surface area (Å²) in [6.07, 6.45) is 0. The maximum Gasteiger partial charge on any atom is 0.283 e. The highest BCUT2D eigenvalue weighted by Crippen LogP contribution is 2.29. The van der Waals surface area contributed by atoms with Crippen LogP contribution in [-0.2, 0) is 6.54 Å². The first-order valence-electron chi connectivity index (χ1n) is 5.59. The molecule has 104 valence electrons. The molecule has 7 heteroatoms. The first kappa shape index (κ1) is 14.7. The van der Waals surface area contributed by atoms with Crippen molar-refractivity contribution in [1.29, 1.82) is 0 Å². The molecule has 2 rings (SSSR count). The first-order valence-corrected chi connectivity index (χ1v) is 6.77. The number of nitro benzene ring substituents is 1. The summed E-state index contributed by atoms with van der Waals surface area (Å²) in [5.74, 6) is -0.473. The number of halogens is 3. The van der Waals surface area contributed by atoms with Gasteiger partial charge >= 0.3 is 0 Å². The Bertz CT molecular complexity index is 667. The van der Waals surface area contributed by atoms with E-state index in [0.717, 1.165) is 0 Å². The Morgan fingerprint density at radius 3 is 2.75 bits per heavy atom. The lowest BCUT2D eigenvalue weighted by atomic mass is 10.2. The second kappa shape index (κ2) is 6.19. The number of hydrogen-bond donors (Lipinski definition) is 1. The molecule has 2 aromatic rings. The monoisotopic (exact) mass is 358 g/mol. The third-order valence-corrected chi connectivity index (χ3v) is 3.81. The Kier molecular flexibility index (Phi) is 4.57. The van der Waals surface area contributed by atoms with E-state index in [4.69, 9.17) is 11.6 Å². The fourth-order valence-corrected chi connectivity index (χ4v) is 2.38. The zero-order chi connectivity index (χ0) is 14.7. The maximum atomic E-state index is 13.6. The van der Waals surface area contributed by atoms with Crippen molar-refractivity contribution >= 4 is 38.9 Å². The number of nitrogens with zero attached hydrogens (tertiary/aromatic N) is 1. The van der Waals surface area contributed by atoms with Crippen LogP contribution in [0.1, 0.15) is 5.56 Å². The molecule has 4 nitrogen and oxygen atoms in total. The predicted octanol–water partition coefficient (Wildman–Crippen LogP) is 4.76. The fraction of sp³-hybridized carbons (Fsp3) is 0.0769. The largest absolute Gasteiger partial charge is 0.379 e. The summed E-state index contributed by atoms with van der Waals surface area (Å²) in [7, 11) is 0. The van der Waals surface area contributed by atoms with Crippen LogP contribution in [0.5, 0.6) is 0 Å². The highest BCUT2D eigenvalue weighted by molar-refractivity contribution is 9.10. The molecule has 0 bridgehead atoms. The molecule has 0 aromatic heterocycles. The van der Waals surface area contributed by atoms with Crippen LogP contribution < -0.4 is 5.32 Å². The van der Waals surface area contributed by atoms with Gasteiger partial charge < -0.3 is 5.32 Å². The van der Waals surface area contributed by atoms with Crippen LogP contribution in [0.4, 0.5) is 15.8 Å². The number of benzene rings is 2. The quantitative estimate of drug-likeness (QED) is 0.632. The van der Waals surface area contributed by atoms with E-state index in [1.807, 2.05) is 0 Å². The molecule has 0 spiro atoms. The molecular weight excluding hydrogens is 351 g/mol. The minimum Gasteiger partial charge on any atom is -0.379 e. The van der Waals surface area contributed by atoms with Crippen molar-refractivity contribution in [3.05, 3.63) is 67.4 Å². The van der Waals surface area contributed by atoms with E-state index in [-0.39, 0.29) is 17.9 Å². The SMILES string of the molecule is O=[N+]([O-])c1cccc(CNc2ccc(Cl)cc2F)c1Br. The van der Waals surface area contributed by atoms with E-state index >= 15 is 0 Å². The Hall–Kier alpha value is -1.66.